The molecule has 7 nitrogen and oxygen atoms in total. The van der Waals surface area contributed by atoms with Crippen LogP contribution in [-0.4, -0.2) is 49.5 Å². The quantitative estimate of drug-likeness (QED) is 0.494. The molecule has 35 heavy (non-hydrogen) atoms. The first kappa shape index (κ1) is 28.9. The smallest absolute Gasteiger partial charge is 0.244 e. The largest absolute Gasteiger partial charge is 0.350 e. The zero-order valence-corrected chi connectivity index (χ0v) is 23.3. The molecule has 2 amide bonds. The minimum Gasteiger partial charge on any atom is -0.350 e. The number of hydrogen-bond donors (Lipinski definition) is 1. The average Bonchev–Trinajstić information content (AvgIpc) is 2.71. The highest BCUT2D eigenvalue weighted by atomic mass is 35.5. The van der Waals surface area contributed by atoms with Crippen molar-refractivity contribution in [3.8, 4) is 0 Å². The Bertz CT molecular complexity index is 1160. The van der Waals surface area contributed by atoms with Gasteiger partial charge in [-0.15, -0.1) is 0 Å². The van der Waals surface area contributed by atoms with Gasteiger partial charge in [-0.25, -0.2) is 8.42 Å². The Morgan fingerprint density at radius 2 is 1.60 bits per heavy atom. The molecule has 0 heterocycles. The second-order valence-corrected chi connectivity index (χ2v) is 12.3. The molecule has 0 saturated heterocycles. The molecule has 0 aliphatic heterocycles. The van der Waals surface area contributed by atoms with Gasteiger partial charge in [0, 0.05) is 22.1 Å². The second-order valence-electron chi connectivity index (χ2n) is 9.51. The number of nitrogens with zero attached hydrogens (tertiary/aromatic N) is 2. The molecule has 0 saturated carbocycles. The summed E-state index contributed by atoms with van der Waals surface area (Å²) in [6, 6.07) is 10.9. The molecule has 192 valence electrons. The molecule has 0 radical (unpaired) electrons. The van der Waals surface area contributed by atoms with Crippen molar-refractivity contribution < 1.29 is 18.0 Å². The van der Waals surface area contributed by atoms with Gasteiger partial charge in [0.25, 0.3) is 0 Å². The van der Waals surface area contributed by atoms with E-state index < -0.39 is 34.1 Å². The lowest BCUT2D eigenvalue weighted by molar-refractivity contribution is -0.141. The molecule has 0 aliphatic rings. The Morgan fingerprint density at radius 1 is 1.03 bits per heavy atom. The van der Waals surface area contributed by atoms with Crippen LogP contribution in [0.2, 0.25) is 10.0 Å². The minimum atomic E-state index is -3.82. The third-order valence-corrected chi connectivity index (χ3v) is 6.87. The minimum absolute atomic E-state index is 0.114. The molecule has 1 N–H and O–H groups in total. The molecule has 0 bridgehead atoms. The highest BCUT2D eigenvalue weighted by molar-refractivity contribution is 7.92. The van der Waals surface area contributed by atoms with E-state index >= 15 is 0 Å². The predicted octanol–water partition coefficient (Wildman–Crippen LogP) is 4.79. The van der Waals surface area contributed by atoms with Crippen molar-refractivity contribution >= 4 is 50.7 Å². The number of carbonyl (C=O) groups excluding carboxylic acids is 2. The van der Waals surface area contributed by atoms with Crippen LogP contribution in [0.5, 0.6) is 0 Å². The van der Waals surface area contributed by atoms with E-state index in [4.69, 9.17) is 23.2 Å². The van der Waals surface area contributed by atoms with Gasteiger partial charge >= 0.3 is 0 Å². The summed E-state index contributed by atoms with van der Waals surface area (Å²) in [5.74, 6) is -0.813. The maximum Gasteiger partial charge on any atom is 0.244 e. The van der Waals surface area contributed by atoms with E-state index in [1.165, 1.54) is 4.90 Å². The maximum absolute atomic E-state index is 13.7. The maximum atomic E-state index is 13.7. The van der Waals surface area contributed by atoms with Crippen molar-refractivity contribution in [3.05, 3.63) is 63.6 Å². The number of amides is 2. The molecular formula is C25H33Cl2N3O4S. The number of benzene rings is 2. The number of hydrogen-bond acceptors (Lipinski definition) is 4. The van der Waals surface area contributed by atoms with E-state index in [-0.39, 0.29) is 12.5 Å². The van der Waals surface area contributed by atoms with E-state index in [1.807, 2.05) is 27.7 Å². The van der Waals surface area contributed by atoms with Gasteiger partial charge in [0.15, 0.2) is 0 Å². The zero-order valence-electron chi connectivity index (χ0n) is 20.9. The van der Waals surface area contributed by atoms with Crippen molar-refractivity contribution in [3.63, 3.8) is 0 Å². The lowest BCUT2D eigenvalue weighted by atomic mass is 10.1. The molecule has 0 aromatic heterocycles. The first-order valence-electron chi connectivity index (χ1n) is 11.2. The lowest BCUT2D eigenvalue weighted by Crippen LogP contribution is -2.55. The summed E-state index contributed by atoms with van der Waals surface area (Å²) in [7, 11) is -3.82. The van der Waals surface area contributed by atoms with Crippen LogP contribution in [0.25, 0.3) is 0 Å². The first-order chi connectivity index (χ1) is 16.1. The lowest BCUT2D eigenvalue weighted by Gasteiger charge is -2.34. The summed E-state index contributed by atoms with van der Waals surface area (Å²) in [5, 5.41) is 3.94. The fourth-order valence-electron chi connectivity index (χ4n) is 3.65. The summed E-state index contributed by atoms with van der Waals surface area (Å²) in [4.78, 5) is 28.3. The standard InChI is InChI=1S/C25H33Cl2N3O4S/c1-7-21(24(32)28-25(3,4)5)29(15-18-8-10-19(26)11-9-18)23(31)16-30(35(6,33)34)22-13-12-20(27)14-17(22)2/h8-14,21H,7,15-16H2,1-6H3,(H,28,32)/t21-/m0/s1. The Kier molecular flexibility index (Phi) is 9.62. The third-order valence-electron chi connectivity index (χ3n) is 5.26. The SMILES string of the molecule is CC[C@@H](C(=O)NC(C)(C)C)N(Cc1ccc(Cl)cc1)C(=O)CN(c1ccc(Cl)cc1C)S(C)(=O)=O. The van der Waals surface area contributed by atoms with Crippen LogP contribution in [0.4, 0.5) is 5.69 Å². The molecule has 1 atom stereocenters. The van der Waals surface area contributed by atoms with Crippen LogP contribution in [0, 0.1) is 6.92 Å². The molecular weight excluding hydrogens is 509 g/mol. The van der Waals surface area contributed by atoms with E-state index in [0.29, 0.717) is 27.7 Å². The van der Waals surface area contributed by atoms with Crippen molar-refractivity contribution in [1.82, 2.24) is 10.2 Å². The topological polar surface area (TPSA) is 86.8 Å². The van der Waals surface area contributed by atoms with E-state index in [9.17, 15) is 18.0 Å². The molecule has 0 spiro atoms. The van der Waals surface area contributed by atoms with Gasteiger partial charge in [-0.05, 0) is 75.6 Å². The van der Waals surface area contributed by atoms with Crippen molar-refractivity contribution in [2.45, 2.75) is 59.2 Å². The Balaban J connectivity index is 2.48. The monoisotopic (exact) mass is 541 g/mol. The fourth-order valence-corrected chi connectivity index (χ4v) is 4.91. The summed E-state index contributed by atoms with van der Waals surface area (Å²) in [5.41, 5.74) is 1.22. The van der Waals surface area contributed by atoms with E-state index in [0.717, 1.165) is 16.1 Å². The summed E-state index contributed by atoms with van der Waals surface area (Å²) in [6.07, 6.45) is 1.39. The number of anilines is 1. The molecule has 10 heteroatoms. The normalized spacial score (nSPS) is 12.7. The predicted molar refractivity (Wildman–Crippen MR) is 142 cm³/mol. The third kappa shape index (κ3) is 8.40. The number of nitrogens with one attached hydrogen (secondary N) is 1. The van der Waals surface area contributed by atoms with Gasteiger partial charge in [-0.3, -0.25) is 13.9 Å². The molecule has 2 aromatic rings. The van der Waals surface area contributed by atoms with Crippen molar-refractivity contribution in [1.29, 1.82) is 0 Å². The molecule has 2 rings (SSSR count). The van der Waals surface area contributed by atoms with Crippen molar-refractivity contribution in [2.24, 2.45) is 0 Å². The highest BCUT2D eigenvalue weighted by Gasteiger charge is 2.33. The number of carbonyl (C=O) groups is 2. The summed E-state index contributed by atoms with van der Waals surface area (Å²) >= 11 is 12.1. The number of aryl methyl sites for hydroxylation is 1. The van der Waals surface area contributed by atoms with Crippen LogP contribution < -0.4 is 9.62 Å². The second kappa shape index (κ2) is 11.6. The van der Waals surface area contributed by atoms with Gasteiger partial charge < -0.3 is 10.2 Å². The zero-order chi connectivity index (χ0) is 26.6. The molecule has 0 aliphatic carbocycles. The number of halogens is 2. The van der Waals surface area contributed by atoms with Gasteiger partial charge in [0.2, 0.25) is 21.8 Å². The first-order valence-corrected chi connectivity index (χ1v) is 13.8. The van der Waals surface area contributed by atoms with E-state index in [2.05, 4.69) is 5.32 Å². The summed E-state index contributed by atoms with van der Waals surface area (Å²) < 4.78 is 26.5. The van der Waals surface area contributed by atoms with Gasteiger partial charge in [-0.1, -0.05) is 42.3 Å². The Hall–Kier alpha value is -2.29. The highest BCUT2D eigenvalue weighted by Crippen LogP contribution is 2.26. The average molecular weight is 543 g/mol. The molecule has 0 unspecified atom stereocenters. The van der Waals surface area contributed by atoms with Gasteiger partial charge in [-0.2, -0.15) is 0 Å². The fraction of sp³-hybridized carbons (Fsp3) is 0.440. The van der Waals surface area contributed by atoms with Crippen molar-refractivity contribution in [2.75, 3.05) is 17.1 Å². The molecule has 0 fully saturated rings. The van der Waals surface area contributed by atoms with Crippen LogP contribution >= 0.6 is 23.2 Å². The summed E-state index contributed by atoms with van der Waals surface area (Å²) in [6.45, 7) is 8.76. The molecule has 2 aromatic carbocycles. The van der Waals surface area contributed by atoms with Gasteiger partial charge in [0.05, 0.1) is 11.9 Å². The number of rotatable bonds is 9. The van der Waals surface area contributed by atoms with Gasteiger partial charge in [0.1, 0.15) is 12.6 Å². The van der Waals surface area contributed by atoms with E-state index in [1.54, 1.807) is 49.4 Å². The Labute approximate surface area is 218 Å². The van der Waals surface area contributed by atoms with Crippen LogP contribution in [-0.2, 0) is 26.2 Å². The number of sulfonamides is 1. The Morgan fingerprint density at radius 3 is 2.09 bits per heavy atom. The van der Waals surface area contributed by atoms with Crippen LogP contribution in [0.15, 0.2) is 42.5 Å². The van der Waals surface area contributed by atoms with Crippen LogP contribution in [0.3, 0.4) is 0 Å². The van der Waals surface area contributed by atoms with Crippen LogP contribution in [0.1, 0.15) is 45.2 Å².